The van der Waals surface area contributed by atoms with E-state index in [0.717, 1.165) is 18.4 Å². The standard InChI is InChI=1S/C32H33N3O2/c1-23-21-34(22-25-13-6-3-7-14-25)33-30(31(23)36)32(37)35-20-12-19-28(35)24(2)29(26-15-8-4-9-16-26)27-17-10-5-11-18-27/h3-11,13-18,21,24,28-29H,12,19-20,22H2,1-2H3/t24-,28+/m0/s1. The van der Waals surface area contributed by atoms with Crippen LogP contribution in [0.5, 0.6) is 0 Å². The lowest BCUT2D eigenvalue weighted by atomic mass is 9.77. The molecule has 5 heteroatoms. The summed E-state index contributed by atoms with van der Waals surface area (Å²) < 4.78 is 1.71. The molecule has 1 amide bonds. The van der Waals surface area contributed by atoms with Gasteiger partial charge in [-0.1, -0.05) is 97.9 Å². The van der Waals surface area contributed by atoms with Gasteiger partial charge in [0.15, 0.2) is 5.69 Å². The molecule has 37 heavy (non-hydrogen) atoms. The summed E-state index contributed by atoms with van der Waals surface area (Å²) in [5, 5.41) is 4.54. The van der Waals surface area contributed by atoms with Gasteiger partial charge in [-0.25, -0.2) is 0 Å². The normalized spacial score (nSPS) is 16.2. The molecule has 3 aromatic carbocycles. The number of aryl methyl sites for hydroxylation is 1. The van der Waals surface area contributed by atoms with Gasteiger partial charge in [-0.05, 0) is 42.4 Å². The smallest absolute Gasteiger partial charge is 0.278 e. The number of rotatable bonds is 7. The number of benzene rings is 3. The van der Waals surface area contributed by atoms with Crippen LogP contribution in [-0.4, -0.2) is 33.2 Å². The zero-order valence-electron chi connectivity index (χ0n) is 21.5. The maximum absolute atomic E-state index is 13.9. The van der Waals surface area contributed by atoms with E-state index >= 15 is 0 Å². The Morgan fingerprint density at radius 1 is 0.919 bits per heavy atom. The summed E-state index contributed by atoms with van der Waals surface area (Å²) in [5.41, 5.74) is 3.81. The Labute approximate surface area is 218 Å². The zero-order valence-corrected chi connectivity index (χ0v) is 21.5. The summed E-state index contributed by atoms with van der Waals surface area (Å²) in [7, 11) is 0. The first kappa shape index (κ1) is 24.7. The molecule has 0 bridgehead atoms. The van der Waals surface area contributed by atoms with Crippen LogP contribution in [0.15, 0.2) is 102 Å². The number of hydrogen-bond acceptors (Lipinski definition) is 3. The Kier molecular flexibility index (Phi) is 7.31. The van der Waals surface area contributed by atoms with Gasteiger partial charge < -0.3 is 4.90 Å². The molecule has 1 aliphatic rings. The lowest BCUT2D eigenvalue weighted by Crippen LogP contribution is -2.44. The molecule has 0 N–H and O–H groups in total. The van der Waals surface area contributed by atoms with Gasteiger partial charge in [-0.2, -0.15) is 5.10 Å². The molecule has 0 spiro atoms. The Hall–Kier alpha value is -3.99. The van der Waals surface area contributed by atoms with Crippen molar-refractivity contribution in [1.82, 2.24) is 14.7 Å². The van der Waals surface area contributed by atoms with E-state index in [2.05, 4.69) is 60.6 Å². The average Bonchev–Trinajstić information content (AvgIpc) is 3.42. The van der Waals surface area contributed by atoms with E-state index < -0.39 is 0 Å². The summed E-state index contributed by atoms with van der Waals surface area (Å²) in [6.45, 7) is 5.13. The molecule has 2 heterocycles. The van der Waals surface area contributed by atoms with Crippen molar-refractivity contribution < 1.29 is 4.79 Å². The molecule has 2 atom stereocenters. The van der Waals surface area contributed by atoms with E-state index in [1.165, 1.54) is 11.1 Å². The van der Waals surface area contributed by atoms with Crippen LogP contribution < -0.4 is 5.43 Å². The predicted octanol–water partition coefficient (Wildman–Crippen LogP) is 5.67. The zero-order chi connectivity index (χ0) is 25.8. The SMILES string of the molecule is Cc1cn(Cc2ccccc2)nc(C(=O)N2CCC[C@@H]2[C@H](C)C(c2ccccc2)c2ccccc2)c1=O. The van der Waals surface area contributed by atoms with Crippen LogP contribution in [-0.2, 0) is 6.54 Å². The van der Waals surface area contributed by atoms with Crippen LogP contribution in [0.25, 0.3) is 0 Å². The molecule has 1 fully saturated rings. The third-order valence-electron chi connectivity index (χ3n) is 7.54. The fraction of sp³-hybridized carbons (Fsp3) is 0.281. The molecule has 0 saturated carbocycles. The maximum Gasteiger partial charge on any atom is 0.278 e. The van der Waals surface area contributed by atoms with E-state index in [4.69, 9.17) is 0 Å². The number of aromatic nitrogens is 2. The van der Waals surface area contributed by atoms with Crippen molar-refractivity contribution in [3.05, 3.63) is 135 Å². The molecule has 1 saturated heterocycles. The third kappa shape index (κ3) is 5.26. The van der Waals surface area contributed by atoms with Gasteiger partial charge in [-0.15, -0.1) is 0 Å². The van der Waals surface area contributed by atoms with Crippen molar-refractivity contribution in [3.63, 3.8) is 0 Å². The van der Waals surface area contributed by atoms with Crippen LogP contribution in [0, 0.1) is 12.8 Å². The molecule has 5 nitrogen and oxygen atoms in total. The van der Waals surface area contributed by atoms with Gasteiger partial charge in [0.25, 0.3) is 5.91 Å². The van der Waals surface area contributed by atoms with E-state index in [0.29, 0.717) is 18.7 Å². The molecule has 0 unspecified atom stereocenters. The van der Waals surface area contributed by atoms with Gasteiger partial charge >= 0.3 is 0 Å². The summed E-state index contributed by atoms with van der Waals surface area (Å²) in [6.07, 6.45) is 3.56. The Morgan fingerprint density at radius 2 is 1.49 bits per heavy atom. The van der Waals surface area contributed by atoms with Crippen LogP contribution in [0.3, 0.4) is 0 Å². The van der Waals surface area contributed by atoms with Gasteiger partial charge in [0.05, 0.1) is 6.54 Å². The van der Waals surface area contributed by atoms with Crippen LogP contribution in [0.4, 0.5) is 0 Å². The maximum atomic E-state index is 13.9. The first-order valence-electron chi connectivity index (χ1n) is 13.1. The number of carbonyl (C=O) groups is 1. The van der Waals surface area contributed by atoms with Crippen molar-refractivity contribution in [3.8, 4) is 0 Å². The lowest BCUT2D eigenvalue weighted by molar-refractivity contribution is 0.0676. The average molecular weight is 492 g/mol. The Bertz CT molecular complexity index is 1360. The van der Waals surface area contributed by atoms with Crippen molar-refractivity contribution in [2.24, 2.45) is 5.92 Å². The van der Waals surface area contributed by atoms with Crippen molar-refractivity contribution in [2.75, 3.05) is 6.54 Å². The molecule has 0 radical (unpaired) electrons. The number of carbonyl (C=O) groups excluding carboxylic acids is 1. The molecule has 1 aliphatic heterocycles. The number of hydrogen-bond donors (Lipinski definition) is 0. The van der Waals surface area contributed by atoms with Crippen molar-refractivity contribution in [1.29, 1.82) is 0 Å². The number of amides is 1. The first-order chi connectivity index (χ1) is 18.0. The third-order valence-corrected chi connectivity index (χ3v) is 7.54. The van der Waals surface area contributed by atoms with E-state index in [1.807, 2.05) is 47.4 Å². The Balaban J connectivity index is 1.46. The minimum Gasteiger partial charge on any atom is -0.334 e. The van der Waals surface area contributed by atoms with Crippen molar-refractivity contribution >= 4 is 5.91 Å². The minimum atomic E-state index is -0.282. The number of likely N-dealkylation sites (tertiary alicyclic amines) is 1. The highest BCUT2D eigenvalue weighted by Crippen LogP contribution is 2.38. The fourth-order valence-electron chi connectivity index (χ4n) is 5.73. The molecular formula is C32H33N3O2. The fourth-order valence-corrected chi connectivity index (χ4v) is 5.73. The van der Waals surface area contributed by atoms with Crippen LogP contribution >= 0.6 is 0 Å². The second-order valence-corrected chi connectivity index (χ2v) is 10.0. The van der Waals surface area contributed by atoms with Crippen LogP contribution in [0.2, 0.25) is 0 Å². The minimum absolute atomic E-state index is 0.0159. The lowest BCUT2D eigenvalue weighted by Gasteiger charge is -2.35. The van der Waals surface area contributed by atoms with Gasteiger partial charge in [0.1, 0.15) is 0 Å². The second-order valence-electron chi connectivity index (χ2n) is 10.0. The topological polar surface area (TPSA) is 55.2 Å². The highest BCUT2D eigenvalue weighted by Gasteiger charge is 2.38. The van der Waals surface area contributed by atoms with E-state index in [1.54, 1.807) is 17.8 Å². The first-order valence-corrected chi connectivity index (χ1v) is 13.1. The molecule has 0 aliphatic carbocycles. The molecule has 5 rings (SSSR count). The van der Waals surface area contributed by atoms with Gasteiger partial charge in [-0.3, -0.25) is 14.3 Å². The van der Waals surface area contributed by atoms with Gasteiger partial charge in [0.2, 0.25) is 5.43 Å². The summed E-state index contributed by atoms with van der Waals surface area (Å²) >= 11 is 0. The highest BCUT2D eigenvalue weighted by atomic mass is 16.2. The highest BCUT2D eigenvalue weighted by molar-refractivity contribution is 5.92. The summed E-state index contributed by atoms with van der Waals surface area (Å²) in [5.74, 6) is 0.0401. The monoisotopic (exact) mass is 491 g/mol. The second kappa shape index (κ2) is 11.0. The van der Waals surface area contributed by atoms with Crippen LogP contribution in [0.1, 0.15) is 58.4 Å². The number of nitrogens with zero attached hydrogens (tertiary/aromatic N) is 3. The van der Waals surface area contributed by atoms with Crippen molar-refractivity contribution in [2.45, 2.75) is 45.2 Å². The predicted molar refractivity (Wildman–Crippen MR) is 147 cm³/mol. The molecule has 4 aromatic rings. The Morgan fingerprint density at radius 3 is 2.08 bits per heavy atom. The quantitative estimate of drug-likeness (QED) is 0.335. The summed E-state index contributed by atoms with van der Waals surface area (Å²) in [4.78, 5) is 28.9. The van der Waals surface area contributed by atoms with E-state index in [-0.39, 0.29) is 34.9 Å². The summed E-state index contributed by atoms with van der Waals surface area (Å²) in [6, 6.07) is 31.0. The van der Waals surface area contributed by atoms with Gasteiger partial charge in [0, 0.05) is 30.3 Å². The van der Waals surface area contributed by atoms with E-state index in [9.17, 15) is 9.59 Å². The molecule has 188 valence electrons. The molecular weight excluding hydrogens is 458 g/mol. The molecule has 1 aromatic heterocycles. The largest absolute Gasteiger partial charge is 0.334 e.